The fourth-order valence-corrected chi connectivity index (χ4v) is 3.09. The van der Waals surface area contributed by atoms with Gasteiger partial charge in [-0.1, -0.05) is 0 Å². The number of aryl methyl sites for hydroxylation is 2. The molecule has 0 fully saturated rings. The molecule has 1 aromatic rings. The van der Waals surface area contributed by atoms with Crippen molar-refractivity contribution in [1.29, 1.82) is 0 Å². The smallest absolute Gasteiger partial charge is 0.154 e. The van der Waals surface area contributed by atoms with E-state index in [1.807, 2.05) is 0 Å². The van der Waals surface area contributed by atoms with Crippen LogP contribution in [0.4, 0.5) is 4.39 Å². The minimum absolute atomic E-state index is 0.300. The lowest BCUT2D eigenvalue weighted by Crippen LogP contribution is -2.44. The summed E-state index contributed by atoms with van der Waals surface area (Å²) in [7, 11) is -1.54. The molecule has 0 aromatic heterocycles. The molecule has 19 heavy (non-hydrogen) atoms. The average Bonchev–Trinajstić information content (AvgIpc) is 2.20. The molecule has 1 atom stereocenters. The molecule has 0 spiro atoms. The Morgan fingerprint density at radius 1 is 1.21 bits per heavy atom. The first kappa shape index (κ1) is 16.1. The molecular weight excluding hydrogens is 265 g/mol. The summed E-state index contributed by atoms with van der Waals surface area (Å²) < 4.78 is 36.4. The van der Waals surface area contributed by atoms with Crippen molar-refractivity contribution in [3.8, 4) is 0 Å². The summed E-state index contributed by atoms with van der Waals surface area (Å²) in [6.45, 7) is 6.97. The van der Waals surface area contributed by atoms with Crippen LogP contribution in [0.5, 0.6) is 0 Å². The molecule has 0 saturated carbocycles. The molecule has 0 amide bonds. The summed E-state index contributed by atoms with van der Waals surface area (Å²) in [5.74, 6) is -0.300. The largest absolute Gasteiger partial charge is 0.312 e. The third-order valence-electron chi connectivity index (χ3n) is 3.79. The highest BCUT2D eigenvalue weighted by atomic mass is 32.2. The van der Waals surface area contributed by atoms with Crippen LogP contribution in [0.15, 0.2) is 12.1 Å². The van der Waals surface area contributed by atoms with Crippen LogP contribution in [0.3, 0.4) is 0 Å². The first-order chi connectivity index (χ1) is 8.52. The molecular formula is C14H22FNO2S. The number of halogens is 1. The lowest BCUT2D eigenvalue weighted by Gasteiger charge is -2.34. The van der Waals surface area contributed by atoms with Crippen molar-refractivity contribution >= 4 is 9.84 Å². The third-order valence-corrected chi connectivity index (χ3v) is 5.93. The maximum Gasteiger partial charge on any atom is 0.154 e. The summed E-state index contributed by atoms with van der Waals surface area (Å²) in [5.41, 5.74) is 2.36. The fraction of sp³-hybridized carbons (Fsp3) is 0.571. The van der Waals surface area contributed by atoms with Crippen molar-refractivity contribution < 1.29 is 12.8 Å². The van der Waals surface area contributed by atoms with Crippen molar-refractivity contribution in [3.63, 3.8) is 0 Å². The van der Waals surface area contributed by atoms with Gasteiger partial charge < -0.3 is 5.32 Å². The van der Waals surface area contributed by atoms with E-state index in [4.69, 9.17) is 0 Å². The van der Waals surface area contributed by atoms with Gasteiger partial charge in [0, 0.05) is 6.26 Å². The van der Waals surface area contributed by atoms with Gasteiger partial charge in [-0.3, -0.25) is 0 Å². The molecule has 0 saturated heterocycles. The number of rotatable bonds is 4. The molecule has 1 aromatic carbocycles. The van der Waals surface area contributed by atoms with E-state index >= 15 is 0 Å². The maximum absolute atomic E-state index is 13.4. The average molecular weight is 287 g/mol. The Hall–Kier alpha value is -0.940. The SMILES string of the molecule is CNC(c1c(C)cc(F)cc1C)C(C)(C)S(C)(=O)=O. The van der Waals surface area contributed by atoms with Gasteiger partial charge in [-0.05, 0) is 63.6 Å². The minimum atomic E-state index is -3.26. The Morgan fingerprint density at radius 2 is 1.63 bits per heavy atom. The second-order valence-corrected chi connectivity index (χ2v) is 8.15. The summed E-state index contributed by atoms with van der Waals surface area (Å²) >= 11 is 0. The van der Waals surface area contributed by atoms with E-state index in [0.29, 0.717) is 0 Å². The van der Waals surface area contributed by atoms with Crippen LogP contribution in [-0.4, -0.2) is 26.5 Å². The van der Waals surface area contributed by atoms with Crippen molar-refractivity contribution in [1.82, 2.24) is 5.32 Å². The van der Waals surface area contributed by atoms with Crippen molar-refractivity contribution in [2.24, 2.45) is 0 Å². The first-order valence-corrected chi connectivity index (χ1v) is 8.05. The second-order valence-electron chi connectivity index (χ2n) is 5.55. The van der Waals surface area contributed by atoms with E-state index in [0.717, 1.165) is 16.7 Å². The lowest BCUT2D eigenvalue weighted by molar-refractivity contribution is 0.442. The Bertz CT molecular complexity index is 556. The van der Waals surface area contributed by atoms with Crippen molar-refractivity contribution in [3.05, 3.63) is 34.6 Å². The Labute approximate surface area is 115 Å². The monoisotopic (exact) mass is 287 g/mol. The first-order valence-electron chi connectivity index (χ1n) is 6.16. The van der Waals surface area contributed by atoms with Gasteiger partial charge in [0.1, 0.15) is 5.82 Å². The molecule has 108 valence electrons. The van der Waals surface area contributed by atoms with E-state index in [2.05, 4.69) is 5.32 Å². The van der Waals surface area contributed by atoms with Crippen LogP contribution in [0.25, 0.3) is 0 Å². The van der Waals surface area contributed by atoms with Gasteiger partial charge in [0.25, 0.3) is 0 Å². The van der Waals surface area contributed by atoms with Gasteiger partial charge in [-0.15, -0.1) is 0 Å². The van der Waals surface area contributed by atoms with Crippen molar-refractivity contribution in [2.45, 2.75) is 38.5 Å². The van der Waals surface area contributed by atoms with Gasteiger partial charge in [0.15, 0.2) is 9.84 Å². The van der Waals surface area contributed by atoms with Gasteiger partial charge >= 0.3 is 0 Å². The molecule has 1 N–H and O–H groups in total. The van der Waals surface area contributed by atoms with E-state index in [9.17, 15) is 12.8 Å². The Kier molecular flexibility index (Phi) is 4.42. The predicted molar refractivity (Wildman–Crippen MR) is 76.6 cm³/mol. The molecule has 3 nitrogen and oxygen atoms in total. The Morgan fingerprint density at radius 3 is 1.95 bits per heavy atom. The summed E-state index contributed by atoms with van der Waals surface area (Å²) in [6.07, 6.45) is 1.23. The topological polar surface area (TPSA) is 46.2 Å². The molecule has 1 unspecified atom stereocenters. The molecule has 0 radical (unpaired) electrons. The molecule has 0 bridgehead atoms. The zero-order valence-electron chi connectivity index (χ0n) is 12.3. The van der Waals surface area contributed by atoms with Gasteiger partial charge in [0.05, 0.1) is 10.8 Å². The number of benzene rings is 1. The summed E-state index contributed by atoms with van der Waals surface area (Å²) in [5, 5.41) is 3.06. The minimum Gasteiger partial charge on any atom is -0.312 e. The standard InChI is InChI=1S/C14H22FNO2S/c1-9-7-11(15)8-10(2)12(9)13(16-5)14(3,4)19(6,17)18/h7-8,13,16H,1-6H3. The van der Waals surface area contributed by atoms with Crippen LogP contribution in [0.2, 0.25) is 0 Å². The molecule has 0 aliphatic carbocycles. The quantitative estimate of drug-likeness (QED) is 0.925. The van der Waals surface area contributed by atoms with Gasteiger partial charge in [-0.25, -0.2) is 12.8 Å². The molecule has 5 heteroatoms. The van der Waals surface area contributed by atoms with Crippen LogP contribution < -0.4 is 5.32 Å². The lowest BCUT2D eigenvalue weighted by atomic mass is 9.88. The molecule has 1 rings (SSSR count). The van der Waals surface area contributed by atoms with Crippen molar-refractivity contribution in [2.75, 3.05) is 13.3 Å². The van der Waals surface area contributed by atoms with E-state index in [1.165, 1.54) is 18.4 Å². The predicted octanol–water partition coefficient (Wildman–Crippen LogP) is 2.53. The highest BCUT2D eigenvalue weighted by Crippen LogP contribution is 2.35. The molecule has 0 heterocycles. The van der Waals surface area contributed by atoms with Crippen LogP contribution >= 0.6 is 0 Å². The maximum atomic E-state index is 13.4. The van der Waals surface area contributed by atoms with E-state index in [-0.39, 0.29) is 11.9 Å². The second kappa shape index (κ2) is 5.21. The normalized spacial score (nSPS) is 14.5. The summed E-state index contributed by atoms with van der Waals surface area (Å²) in [6, 6.07) is 2.49. The fourth-order valence-electron chi connectivity index (χ4n) is 2.43. The third kappa shape index (κ3) is 2.98. The number of hydrogen-bond acceptors (Lipinski definition) is 3. The van der Waals surface area contributed by atoms with Crippen LogP contribution in [-0.2, 0) is 9.84 Å². The molecule has 0 aliphatic heterocycles. The highest BCUT2D eigenvalue weighted by molar-refractivity contribution is 7.92. The van der Waals surface area contributed by atoms with E-state index in [1.54, 1.807) is 34.7 Å². The number of sulfone groups is 1. The van der Waals surface area contributed by atoms with Crippen LogP contribution in [0, 0.1) is 19.7 Å². The van der Waals surface area contributed by atoms with E-state index < -0.39 is 14.6 Å². The highest BCUT2D eigenvalue weighted by Gasteiger charge is 2.40. The van der Waals surface area contributed by atoms with Gasteiger partial charge in [-0.2, -0.15) is 0 Å². The summed E-state index contributed by atoms with van der Waals surface area (Å²) in [4.78, 5) is 0. The number of hydrogen-bond donors (Lipinski definition) is 1. The number of nitrogens with one attached hydrogen (secondary N) is 1. The van der Waals surface area contributed by atoms with Crippen LogP contribution in [0.1, 0.15) is 36.6 Å². The van der Waals surface area contributed by atoms with Gasteiger partial charge in [0.2, 0.25) is 0 Å². The zero-order chi connectivity index (χ0) is 15.0. The zero-order valence-corrected chi connectivity index (χ0v) is 13.2. The molecule has 0 aliphatic rings. The Balaban J connectivity index is 3.50.